The molecule has 2 rings (SSSR count). The smallest absolute Gasteiger partial charge is 0.341 e. The van der Waals surface area contributed by atoms with Gasteiger partial charge in [-0.1, -0.05) is 18.2 Å². The molecule has 2 aromatic rings. The number of methoxy groups -OCH3 is 1. The van der Waals surface area contributed by atoms with Crippen molar-refractivity contribution >= 4 is 11.7 Å². The van der Waals surface area contributed by atoms with Crippen LogP contribution in [0.4, 0.5) is 5.69 Å². The van der Waals surface area contributed by atoms with Gasteiger partial charge in [-0.2, -0.15) is 5.10 Å². The monoisotopic (exact) mass is 273 g/mol. The molecule has 106 valence electrons. The Morgan fingerprint density at radius 3 is 2.65 bits per heavy atom. The van der Waals surface area contributed by atoms with Gasteiger partial charge in [-0.25, -0.2) is 4.79 Å². The molecule has 5 heteroatoms. The molecule has 0 atom stereocenters. The number of carbonyl (C=O) groups excluding carboxylic acids is 1. The van der Waals surface area contributed by atoms with E-state index in [0.29, 0.717) is 12.1 Å². The summed E-state index contributed by atoms with van der Waals surface area (Å²) in [7, 11) is 3.22. The Morgan fingerprint density at radius 1 is 1.35 bits per heavy atom. The van der Waals surface area contributed by atoms with E-state index in [0.717, 1.165) is 17.9 Å². The lowest BCUT2D eigenvalue weighted by Gasteiger charge is -2.23. The second kappa shape index (κ2) is 6.23. The number of carbonyl (C=O) groups is 1. The fourth-order valence-corrected chi connectivity index (χ4v) is 2.14. The molecular formula is C15H19N3O2. The highest BCUT2D eigenvalue weighted by Gasteiger charge is 2.18. The van der Waals surface area contributed by atoms with Crippen molar-refractivity contribution in [3.8, 4) is 0 Å². The second-order valence-corrected chi connectivity index (χ2v) is 4.47. The molecule has 0 aliphatic carbocycles. The van der Waals surface area contributed by atoms with E-state index in [1.165, 1.54) is 7.11 Å². The van der Waals surface area contributed by atoms with Gasteiger partial charge in [-0.15, -0.1) is 0 Å². The first kappa shape index (κ1) is 14.1. The molecule has 0 fully saturated rings. The van der Waals surface area contributed by atoms with E-state index in [4.69, 9.17) is 4.74 Å². The van der Waals surface area contributed by atoms with Crippen molar-refractivity contribution in [2.24, 2.45) is 7.05 Å². The van der Waals surface area contributed by atoms with Crippen LogP contribution in [0.2, 0.25) is 0 Å². The third-order valence-electron chi connectivity index (χ3n) is 3.31. The average molecular weight is 273 g/mol. The van der Waals surface area contributed by atoms with Gasteiger partial charge in [0.1, 0.15) is 5.56 Å². The quantitative estimate of drug-likeness (QED) is 0.784. The van der Waals surface area contributed by atoms with Crippen molar-refractivity contribution in [2.75, 3.05) is 18.6 Å². The van der Waals surface area contributed by atoms with E-state index in [-0.39, 0.29) is 5.97 Å². The topological polar surface area (TPSA) is 47.4 Å². The van der Waals surface area contributed by atoms with Crippen molar-refractivity contribution in [2.45, 2.75) is 13.5 Å². The van der Waals surface area contributed by atoms with Crippen LogP contribution in [0.25, 0.3) is 0 Å². The zero-order valence-electron chi connectivity index (χ0n) is 12.0. The SMILES string of the molecule is CCN(Cc1c(C(=O)OC)cnn1C)c1ccccc1. The lowest BCUT2D eigenvalue weighted by atomic mass is 10.2. The minimum atomic E-state index is -0.350. The van der Waals surface area contributed by atoms with Crippen LogP contribution in [-0.2, 0) is 18.3 Å². The van der Waals surface area contributed by atoms with E-state index in [1.807, 2.05) is 25.2 Å². The highest BCUT2D eigenvalue weighted by molar-refractivity contribution is 5.90. The number of benzene rings is 1. The molecule has 1 heterocycles. The highest BCUT2D eigenvalue weighted by atomic mass is 16.5. The largest absolute Gasteiger partial charge is 0.465 e. The molecule has 0 amide bonds. The molecule has 1 aromatic heterocycles. The van der Waals surface area contributed by atoms with Crippen molar-refractivity contribution in [3.05, 3.63) is 47.8 Å². The molecule has 20 heavy (non-hydrogen) atoms. The Balaban J connectivity index is 2.28. The average Bonchev–Trinajstić information content (AvgIpc) is 2.85. The Kier molecular flexibility index (Phi) is 4.40. The summed E-state index contributed by atoms with van der Waals surface area (Å²) in [5.74, 6) is -0.350. The summed E-state index contributed by atoms with van der Waals surface area (Å²) in [5, 5.41) is 4.16. The summed E-state index contributed by atoms with van der Waals surface area (Å²) < 4.78 is 6.52. The molecule has 0 bridgehead atoms. The summed E-state index contributed by atoms with van der Waals surface area (Å²) in [6.07, 6.45) is 1.56. The summed E-state index contributed by atoms with van der Waals surface area (Å²) in [4.78, 5) is 13.9. The molecule has 1 aromatic carbocycles. The van der Waals surface area contributed by atoms with E-state index < -0.39 is 0 Å². The first-order valence-electron chi connectivity index (χ1n) is 6.56. The third-order valence-corrected chi connectivity index (χ3v) is 3.31. The first-order chi connectivity index (χ1) is 9.67. The second-order valence-electron chi connectivity index (χ2n) is 4.47. The van der Waals surface area contributed by atoms with Crippen LogP contribution in [0, 0.1) is 0 Å². The molecular weight excluding hydrogens is 254 g/mol. The normalized spacial score (nSPS) is 10.3. The zero-order valence-corrected chi connectivity index (χ0v) is 12.0. The summed E-state index contributed by atoms with van der Waals surface area (Å²) in [5.41, 5.74) is 2.49. The van der Waals surface area contributed by atoms with E-state index in [2.05, 4.69) is 29.1 Å². The Bertz CT molecular complexity index is 578. The fraction of sp³-hybridized carbons (Fsp3) is 0.333. The van der Waals surface area contributed by atoms with Crippen LogP contribution in [0.15, 0.2) is 36.5 Å². The lowest BCUT2D eigenvalue weighted by molar-refractivity contribution is 0.0599. The standard InChI is InChI=1S/C15H19N3O2/c1-4-18(12-8-6-5-7-9-12)11-14-13(15(19)20-3)10-16-17(14)2/h5-10H,4,11H2,1-3H3. The summed E-state index contributed by atoms with van der Waals surface area (Å²) in [6.45, 7) is 3.54. The maximum absolute atomic E-state index is 11.8. The van der Waals surface area contributed by atoms with Gasteiger partial charge in [0.25, 0.3) is 0 Å². The number of esters is 1. The molecule has 0 N–H and O–H groups in total. The minimum Gasteiger partial charge on any atom is -0.465 e. The van der Waals surface area contributed by atoms with Crippen LogP contribution in [0.5, 0.6) is 0 Å². The van der Waals surface area contributed by atoms with Crippen LogP contribution in [0.3, 0.4) is 0 Å². The van der Waals surface area contributed by atoms with E-state index >= 15 is 0 Å². The molecule has 0 aliphatic rings. The molecule has 5 nitrogen and oxygen atoms in total. The maximum atomic E-state index is 11.8. The van der Waals surface area contributed by atoms with E-state index in [9.17, 15) is 4.79 Å². The number of hydrogen-bond donors (Lipinski definition) is 0. The van der Waals surface area contributed by atoms with Gasteiger partial charge >= 0.3 is 5.97 Å². The number of anilines is 1. The lowest BCUT2D eigenvalue weighted by Crippen LogP contribution is -2.24. The van der Waals surface area contributed by atoms with Gasteiger partial charge in [-0.05, 0) is 19.1 Å². The Morgan fingerprint density at radius 2 is 2.05 bits per heavy atom. The van der Waals surface area contributed by atoms with Gasteiger partial charge in [0.2, 0.25) is 0 Å². The number of rotatable bonds is 5. The molecule has 0 aliphatic heterocycles. The van der Waals surface area contributed by atoms with Crippen molar-refractivity contribution in [1.29, 1.82) is 0 Å². The van der Waals surface area contributed by atoms with Gasteiger partial charge in [0.15, 0.2) is 0 Å². The van der Waals surface area contributed by atoms with Gasteiger partial charge in [0.05, 0.1) is 25.5 Å². The molecule has 0 saturated carbocycles. The highest BCUT2D eigenvalue weighted by Crippen LogP contribution is 2.18. The Labute approximate surface area is 118 Å². The van der Waals surface area contributed by atoms with Crippen molar-refractivity contribution in [1.82, 2.24) is 9.78 Å². The van der Waals surface area contributed by atoms with Crippen LogP contribution in [-0.4, -0.2) is 29.4 Å². The third kappa shape index (κ3) is 2.82. The minimum absolute atomic E-state index is 0.350. The molecule has 0 unspecified atom stereocenters. The van der Waals surface area contributed by atoms with Gasteiger partial charge < -0.3 is 9.64 Å². The Hall–Kier alpha value is -2.30. The number of aromatic nitrogens is 2. The molecule has 0 saturated heterocycles. The van der Waals surface area contributed by atoms with Crippen molar-refractivity contribution in [3.63, 3.8) is 0 Å². The van der Waals surface area contributed by atoms with Crippen LogP contribution >= 0.6 is 0 Å². The molecule has 0 spiro atoms. The zero-order chi connectivity index (χ0) is 14.5. The van der Waals surface area contributed by atoms with Crippen LogP contribution in [0.1, 0.15) is 23.0 Å². The number of nitrogens with zero attached hydrogens (tertiary/aromatic N) is 3. The number of hydrogen-bond acceptors (Lipinski definition) is 4. The predicted molar refractivity (Wildman–Crippen MR) is 77.7 cm³/mol. The van der Waals surface area contributed by atoms with Crippen LogP contribution < -0.4 is 4.90 Å². The van der Waals surface area contributed by atoms with Gasteiger partial charge in [-0.3, -0.25) is 4.68 Å². The first-order valence-corrected chi connectivity index (χ1v) is 6.56. The predicted octanol–water partition coefficient (Wildman–Crippen LogP) is 2.23. The molecule has 0 radical (unpaired) electrons. The maximum Gasteiger partial charge on any atom is 0.341 e. The number of para-hydroxylation sites is 1. The fourth-order valence-electron chi connectivity index (χ4n) is 2.14. The van der Waals surface area contributed by atoms with E-state index in [1.54, 1.807) is 10.9 Å². The number of aryl methyl sites for hydroxylation is 1. The number of ether oxygens (including phenoxy) is 1. The van der Waals surface area contributed by atoms with Gasteiger partial charge in [0, 0.05) is 19.3 Å². The summed E-state index contributed by atoms with van der Waals surface area (Å²) >= 11 is 0. The summed E-state index contributed by atoms with van der Waals surface area (Å²) in [6, 6.07) is 10.1. The van der Waals surface area contributed by atoms with Crippen molar-refractivity contribution < 1.29 is 9.53 Å².